The first-order valence-corrected chi connectivity index (χ1v) is 7.09. The van der Waals surface area contributed by atoms with E-state index in [1.165, 1.54) is 18.2 Å². The Kier molecular flexibility index (Phi) is 6.84. The number of carbonyl (C=O) groups is 1. The maximum atomic E-state index is 12.3. The van der Waals surface area contributed by atoms with Gasteiger partial charge in [0.1, 0.15) is 5.75 Å². The van der Waals surface area contributed by atoms with E-state index in [4.69, 9.17) is 11.6 Å². The molecule has 1 aliphatic heterocycles. The van der Waals surface area contributed by atoms with Crippen molar-refractivity contribution in [2.75, 3.05) is 11.9 Å². The fraction of sp³-hybridized carbons (Fsp3) is 0.500. The Balaban J connectivity index is 0.00000242. The van der Waals surface area contributed by atoms with Gasteiger partial charge in [0.2, 0.25) is 5.91 Å². The van der Waals surface area contributed by atoms with Crippen molar-refractivity contribution in [2.45, 2.75) is 38.3 Å². The third-order valence-electron chi connectivity index (χ3n) is 3.53. The molecule has 1 aromatic carbocycles. The monoisotopic (exact) mass is 354 g/mol. The van der Waals surface area contributed by atoms with Crippen LogP contribution >= 0.6 is 24.0 Å². The third-order valence-corrected chi connectivity index (χ3v) is 3.82. The number of amides is 1. The Morgan fingerprint density at radius 3 is 2.73 bits per heavy atom. The lowest BCUT2D eigenvalue weighted by Gasteiger charge is -2.33. The van der Waals surface area contributed by atoms with Gasteiger partial charge in [0, 0.05) is 5.69 Å². The maximum Gasteiger partial charge on any atom is 0.387 e. The molecule has 1 amide bonds. The number of hydrogen-bond acceptors (Lipinski definition) is 3. The van der Waals surface area contributed by atoms with Crippen LogP contribution < -0.4 is 15.4 Å². The van der Waals surface area contributed by atoms with Crippen molar-refractivity contribution in [3.63, 3.8) is 0 Å². The van der Waals surface area contributed by atoms with Crippen LogP contribution in [-0.2, 0) is 4.79 Å². The van der Waals surface area contributed by atoms with Gasteiger partial charge in [-0.15, -0.1) is 12.4 Å². The van der Waals surface area contributed by atoms with E-state index in [-0.39, 0.29) is 29.1 Å². The summed E-state index contributed by atoms with van der Waals surface area (Å²) in [5, 5.41) is 5.97. The summed E-state index contributed by atoms with van der Waals surface area (Å²) in [6, 6.07) is 4.18. The molecule has 1 heterocycles. The van der Waals surface area contributed by atoms with Crippen LogP contribution in [0.2, 0.25) is 5.02 Å². The lowest BCUT2D eigenvalue weighted by molar-refractivity contribution is -0.122. The first kappa shape index (κ1) is 18.9. The zero-order valence-electron chi connectivity index (χ0n) is 12.0. The van der Waals surface area contributed by atoms with E-state index < -0.39 is 12.2 Å². The van der Waals surface area contributed by atoms with E-state index in [9.17, 15) is 13.6 Å². The second-order valence-corrected chi connectivity index (χ2v) is 5.60. The number of benzene rings is 1. The molecule has 1 fully saturated rings. The van der Waals surface area contributed by atoms with Crippen LogP contribution in [0.4, 0.5) is 14.5 Å². The minimum Gasteiger partial charge on any atom is -0.433 e. The number of anilines is 1. The van der Waals surface area contributed by atoms with Gasteiger partial charge in [-0.1, -0.05) is 11.6 Å². The summed E-state index contributed by atoms with van der Waals surface area (Å²) in [6.07, 6.45) is 2.78. The summed E-state index contributed by atoms with van der Waals surface area (Å²) in [7, 11) is 0. The molecule has 0 aliphatic carbocycles. The molecule has 0 saturated carbocycles. The Morgan fingerprint density at radius 2 is 2.18 bits per heavy atom. The van der Waals surface area contributed by atoms with Crippen molar-refractivity contribution >= 4 is 35.6 Å². The van der Waals surface area contributed by atoms with Crippen LogP contribution in [0.1, 0.15) is 26.2 Å². The number of halogens is 4. The fourth-order valence-electron chi connectivity index (χ4n) is 2.29. The summed E-state index contributed by atoms with van der Waals surface area (Å²) < 4.78 is 28.5. The molecule has 0 aromatic heterocycles. The van der Waals surface area contributed by atoms with Crippen molar-refractivity contribution in [3.8, 4) is 5.75 Å². The molecule has 8 heteroatoms. The molecule has 2 rings (SSSR count). The summed E-state index contributed by atoms with van der Waals surface area (Å²) in [4.78, 5) is 12.3. The van der Waals surface area contributed by atoms with Crippen molar-refractivity contribution < 1.29 is 18.3 Å². The first-order valence-electron chi connectivity index (χ1n) is 6.71. The molecule has 0 spiro atoms. The Bertz CT molecular complexity index is 524. The van der Waals surface area contributed by atoms with Crippen LogP contribution in [-0.4, -0.2) is 24.6 Å². The quantitative estimate of drug-likeness (QED) is 0.863. The molecule has 1 aliphatic rings. The number of nitrogens with one attached hydrogen (secondary N) is 2. The average molecular weight is 355 g/mol. The van der Waals surface area contributed by atoms with E-state index in [0.29, 0.717) is 5.69 Å². The lowest BCUT2D eigenvalue weighted by atomic mass is 9.90. The van der Waals surface area contributed by atoms with Crippen molar-refractivity contribution in [2.24, 2.45) is 0 Å². The van der Waals surface area contributed by atoms with Crippen LogP contribution in [0, 0.1) is 0 Å². The third kappa shape index (κ3) is 4.69. The maximum absolute atomic E-state index is 12.3. The van der Waals surface area contributed by atoms with Gasteiger partial charge in [-0.05, 0) is 50.9 Å². The largest absolute Gasteiger partial charge is 0.433 e. The van der Waals surface area contributed by atoms with Gasteiger partial charge >= 0.3 is 6.61 Å². The van der Waals surface area contributed by atoms with Gasteiger partial charge < -0.3 is 15.4 Å². The number of alkyl halides is 2. The number of carbonyl (C=O) groups excluding carboxylic acids is 1. The van der Waals surface area contributed by atoms with Gasteiger partial charge in [0.05, 0.1) is 10.6 Å². The normalized spacial score (nSPS) is 21.1. The number of hydrogen-bond donors (Lipinski definition) is 2. The molecule has 1 saturated heterocycles. The zero-order valence-corrected chi connectivity index (χ0v) is 13.6. The highest BCUT2D eigenvalue weighted by Crippen LogP contribution is 2.29. The topological polar surface area (TPSA) is 50.4 Å². The van der Waals surface area contributed by atoms with Crippen molar-refractivity contribution in [1.29, 1.82) is 0 Å². The molecule has 0 radical (unpaired) electrons. The Hall–Kier alpha value is -1.11. The van der Waals surface area contributed by atoms with E-state index in [1.54, 1.807) is 0 Å². The summed E-state index contributed by atoms with van der Waals surface area (Å²) in [5.74, 6) is -0.285. The minimum atomic E-state index is -2.94. The van der Waals surface area contributed by atoms with E-state index >= 15 is 0 Å². The number of rotatable bonds is 4. The number of piperidine rings is 1. The molecule has 1 aromatic rings. The standard InChI is InChI=1S/C14H17ClF2N2O2.ClH/c1-14(6-2-3-7-18-14)12(20)19-9-4-5-11(10(15)8-9)21-13(16)17;/h4-5,8,13,18H,2-3,6-7H2,1H3,(H,19,20);1H. The minimum absolute atomic E-state index is 0. The Morgan fingerprint density at radius 1 is 1.45 bits per heavy atom. The molecular weight excluding hydrogens is 337 g/mol. The predicted octanol–water partition coefficient (Wildman–Crippen LogP) is 3.83. The highest BCUT2D eigenvalue weighted by atomic mass is 35.5. The summed E-state index contributed by atoms with van der Waals surface area (Å²) in [5.41, 5.74) is -0.178. The highest BCUT2D eigenvalue weighted by molar-refractivity contribution is 6.32. The second-order valence-electron chi connectivity index (χ2n) is 5.19. The van der Waals surface area contributed by atoms with E-state index in [2.05, 4.69) is 15.4 Å². The molecule has 124 valence electrons. The predicted molar refractivity (Wildman–Crippen MR) is 84.2 cm³/mol. The van der Waals surface area contributed by atoms with Crippen LogP contribution in [0.3, 0.4) is 0 Å². The SMILES string of the molecule is CC1(C(=O)Nc2ccc(OC(F)F)c(Cl)c2)CCCCN1.Cl. The first-order chi connectivity index (χ1) is 9.90. The molecule has 1 atom stereocenters. The summed E-state index contributed by atoms with van der Waals surface area (Å²) >= 11 is 5.85. The molecule has 0 bridgehead atoms. The second kappa shape index (κ2) is 7.94. The molecule has 1 unspecified atom stereocenters. The van der Waals surface area contributed by atoms with Crippen LogP contribution in [0.15, 0.2) is 18.2 Å². The molecular formula is C14H18Cl2F2N2O2. The van der Waals surface area contributed by atoms with Crippen molar-refractivity contribution in [1.82, 2.24) is 5.32 Å². The molecule has 22 heavy (non-hydrogen) atoms. The average Bonchev–Trinajstić information content (AvgIpc) is 2.42. The smallest absolute Gasteiger partial charge is 0.387 e. The van der Waals surface area contributed by atoms with Gasteiger partial charge in [-0.25, -0.2) is 0 Å². The highest BCUT2D eigenvalue weighted by Gasteiger charge is 2.34. The van der Waals surface area contributed by atoms with Gasteiger partial charge in [0.15, 0.2) is 0 Å². The lowest BCUT2D eigenvalue weighted by Crippen LogP contribution is -2.54. The van der Waals surface area contributed by atoms with Gasteiger partial charge in [-0.2, -0.15) is 8.78 Å². The Labute approximate surface area is 139 Å². The van der Waals surface area contributed by atoms with Gasteiger partial charge in [-0.3, -0.25) is 4.79 Å². The van der Waals surface area contributed by atoms with Crippen molar-refractivity contribution in [3.05, 3.63) is 23.2 Å². The fourth-order valence-corrected chi connectivity index (χ4v) is 2.51. The molecule has 4 nitrogen and oxygen atoms in total. The number of ether oxygens (including phenoxy) is 1. The van der Waals surface area contributed by atoms with Crippen LogP contribution in [0.5, 0.6) is 5.75 Å². The van der Waals surface area contributed by atoms with Crippen LogP contribution in [0.25, 0.3) is 0 Å². The van der Waals surface area contributed by atoms with E-state index in [1.807, 2.05) is 6.92 Å². The van der Waals surface area contributed by atoms with E-state index in [0.717, 1.165) is 25.8 Å². The zero-order chi connectivity index (χ0) is 15.5. The summed E-state index contributed by atoms with van der Waals surface area (Å²) in [6.45, 7) is -0.295. The molecule has 2 N–H and O–H groups in total. The van der Waals surface area contributed by atoms with Gasteiger partial charge in [0.25, 0.3) is 0 Å².